The maximum absolute atomic E-state index is 13.6. The van der Waals surface area contributed by atoms with Crippen LogP contribution in [0.4, 0.5) is 21.5 Å². The number of amides is 1. The number of nitrogens with zero attached hydrogens (tertiary/aromatic N) is 4. The number of nitro benzene ring substituents is 1. The van der Waals surface area contributed by atoms with Crippen LogP contribution in [0.3, 0.4) is 0 Å². The lowest BCUT2D eigenvalue weighted by Crippen LogP contribution is -2.48. The van der Waals surface area contributed by atoms with E-state index < -0.39 is 10.7 Å². The Hall–Kier alpha value is -3.51. The number of carbonyl (C=O) groups excluding carboxylic acids is 1. The van der Waals surface area contributed by atoms with Crippen molar-refractivity contribution < 1.29 is 14.1 Å². The summed E-state index contributed by atoms with van der Waals surface area (Å²) in [6, 6.07) is 12.2. The van der Waals surface area contributed by atoms with Crippen LogP contribution >= 0.6 is 0 Å². The van der Waals surface area contributed by atoms with E-state index in [2.05, 4.69) is 5.32 Å². The summed E-state index contributed by atoms with van der Waals surface area (Å²) in [6.07, 6.45) is 0. The Morgan fingerprint density at radius 1 is 1.21 bits per heavy atom. The highest BCUT2D eigenvalue weighted by Gasteiger charge is 2.22. The van der Waals surface area contributed by atoms with Crippen molar-refractivity contribution in [1.82, 2.24) is 4.90 Å². The fourth-order valence-electron chi connectivity index (χ4n) is 3.11. The molecule has 1 fully saturated rings. The molecule has 0 spiro atoms. The SMILES string of the molecule is N#Cc1cc([N+](=O)[O-])ccc1N1CCN(CC(=O)Nc2ccccc2F)CC1. The van der Waals surface area contributed by atoms with Crippen molar-refractivity contribution in [1.29, 1.82) is 5.26 Å². The van der Waals surface area contributed by atoms with Gasteiger partial charge in [-0.25, -0.2) is 4.39 Å². The number of rotatable bonds is 5. The Balaban J connectivity index is 1.57. The molecule has 2 aromatic carbocycles. The minimum absolute atomic E-state index is 0.122. The Bertz CT molecular complexity index is 935. The number of hydrogen-bond acceptors (Lipinski definition) is 6. The zero-order chi connectivity index (χ0) is 20.1. The number of anilines is 2. The fraction of sp³-hybridized carbons (Fsp3) is 0.263. The second kappa shape index (κ2) is 8.45. The average molecular weight is 383 g/mol. The van der Waals surface area contributed by atoms with Gasteiger partial charge in [0.05, 0.1) is 28.4 Å². The molecular formula is C19H18FN5O3. The second-order valence-electron chi connectivity index (χ2n) is 6.36. The highest BCUT2D eigenvalue weighted by atomic mass is 19.1. The zero-order valence-corrected chi connectivity index (χ0v) is 15.0. The number of hydrogen-bond donors (Lipinski definition) is 1. The summed E-state index contributed by atoms with van der Waals surface area (Å²) in [6.45, 7) is 2.42. The van der Waals surface area contributed by atoms with E-state index in [4.69, 9.17) is 0 Å². The van der Waals surface area contributed by atoms with Gasteiger partial charge in [0.2, 0.25) is 5.91 Å². The summed E-state index contributed by atoms with van der Waals surface area (Å²) in [5.74, 6) is -0.783. The molecule has 0 aliphatic carbocycles. The van der Waals surface area contributed by atoms with Crippen LogP contribution in [0, 0.1) is 27.3 Å². The third kappa shape index (κ3) is 4.42. The predicted octanol–water partition coefficient (Wildman–Crippen LogP) is 2.37. The second-order valence-corrected chi connectivity index (χ2v) is 6.36. The quantitative estimate of drug-likeness (QED) is 0.628. The molecule has 1 amide bonds. The van der Waals surface area contributed by atoms with Crippen LogP contribution < -0.4 is 10.2 Å². The van der Waals surface area contributed by atoms with E-state index in [-0.39, 0.29) is 29.4 Å². The number of nitro groups is 1. The fourth-order valence-corrected chi connectivity index (χ4v) is 3.11. The minimum atomic E-state index is -0.531. The number of nitriles is 1. The molecule has 1 saturated heterocycles. The molecule has 9 heteroatoms. The van der Waals surface area contributed by atoms with Gasteiger partial charge in [-0.3, -0.25) is 19.8 Å². The molecule has 0 atom stereocenters. The molecule has 1 aliphatic heterocycles. The van der Waals surface area contributed by atoms with Gasteiger partial charge in [-0.1, -0.05) is 12.1 Å². The summed E-state index contributed by atoms with van der Waals surface area (Å²) in [5.41, 5.74) is 0.919. The summed E-state index contributed by atoms with van der Waals surface area (Å²) in [5, 5.41) is 22.7. The van der Waals surface area contributed by atoms with Gasteiger partial charge in [0.1, 0.15) is 11.9 Å². The third-order valence-corrected chi connectivity index (χ3v) is 4.54. The van der Waals surface area contributed by atoms with Crippen LogP contribution in [-0.4, -0.2) is 48.5 Å². The first kappa shape index (κ1) is 19.3. The molecule has 1 heterocycles. The normalized spacial score (nSPS) is 14.4. The molecule has 2 aromatic rings. The highest BCUT2D eigenvalue weighted by Crippen LogP contribution is 2.26. The Morgan fingerprint density at radius 2 is 1.93 bits per heavy atom. The van der Waals surface area contributed by atoms with Crippen LogP contribution in [0.2, 0.25) is 0 Å². The summed E-state index contributed by atoms with van der Waals surface area (Å²) < 4.78 is 13.6. The molecule has 0 radical (unpaired) electrons. The van der Waals surface area contributed by atoms with Crippen molar-refractivity contribution >= 4 is 23.0 Å². The molecule has 0 aromatic heterocycles. The van der Waals surface area contributed by atoms with E-state index in [9.17, 15) is 24.6 Å². The van der Waals surface area contributed by atoms with Gasteiger partial charge >= 0.3 is 0 Å². The molecular weight excluding hydrogens is 365 g/mol. The van der Waals surface area contributed by atoms with Crippen molar-refractivity contribution in [2.75, 3.05) is 42.9 Å². The van der Waals surface area contributed by atoms with Crippen molar-refractivity contribution in [2.24, 2.45) is 0 Å². The molecule has 8 nitrogen and oxygen atoms in total. The van der Waals surface area contributed by atoms with Gasteiger partial charge < -0.3 is 10.2 Å². The van der Waals surface area contributed by atoms with E-state index in [1.165, 1.54) is 24.3 Å². The van der Waals surface area contributed by atoms with Gasteiger partial charge in [0.25, 0.3) is 5.69 Å². The highest BCUT2D eigenvalue weighted by molar-refractivity contribution is 5.92. The molecule has 0 saturated carbocycles. The van der Waals surface area contributed by atoms with Crippen LogP contribution in [0.5, 0.6) is 0 Å². The monoisotopic (exact) mass is 383 g/mol. The van der Waals surface area contributed by atoms with Crippen molar-refractivity contribution in [3.05, 3.63) is 64.0 Å². The molecule has 0 bridgehead atoms. The Kier molecular flexibility index (Phi) is 5.81. The van der Waals surface area contributed by atoms with E-state index in [1.807, 2.05) is 15.9 Å². The van der Waals surface area contributed by atoms with E-state index in [0.717, 1.165) is 0 Å². The van der Waals surface area contributed by atoms with Crippen LogP contribution in [0.15, 0.2) is 42.5 Å². The smallest absolute Gasteiger partial charge is 0.270 e. The molecule has 144 valence electrons. The van der Waals surface area contributed by atoms with Gasteiger partial charge in [-0.15, -0.1) is 0 Å². The van der Waals surface area contributed by atoms with Crippen LogP contribution in [-0.2, 0) is 4.79 Å². The third-order valence-electron chi connectivity index (χ3n) is 4.54. The van der Waals surface area contributed by atoms with E-state index in [1.54, 1.807) is 18.2 Å². The number of carbonyl (C=O) groups is 1. The van der Waals surface area contributed by atoms with Gasteiger partial charge in [-0.2, -0.15) is 5.26 Å². The number of nitrogens with one attached hydrogen (secondary N) is 1. The van der Waals surface area contributed by atoms with Gasteiger partial charge in [0.15, 0.2) is 0 Å². The lowest BCUT2D eigenvalue weighted by molar-refractivity contribution is -0.384. The molecule has 3 rings (SSSR count). The topological polar surface area (TPSA) is 103 Å². The zero-order valence-electron chi connectivity index (χ0n) is 15.0. The lowest BCUT2D eigenvalue weighted by atomic mass is 10.1. The number of para-hydroxylation sites is 1. The molecule has 28 heavy (non-hydrogen) atoms. The van der Waals surface area contributed by atoms with Crippen molar-refractivity contribution in [3.8, 4) is 6.07 Å². The van der Waals surface area contributed by atoms with Gasteiger partial charge in [-0.05, 0) is 18.2 Å². The molecule has 0 unspecified atom stereocenters. The Morgan fingerprint density at radius 3 is 2.57 bits per heavy atom. The number of halogens is 1. The van der Waals surface area contributed by atoms with Crippen molar-refractivity contribution in [2.45, 2.75) is 0 Å². The van der Waals surface area contributed by atoms with E-state index in [0.29, 0.717) is 31.9 Å². The standard InChI is InChI=1S/C19H18FN5O3/c20-16-3-1-2-4-17(16)22-19(26)13-23-7-9-24(10-8-23)18-6-5-15(25(27)28)11-14(18)12-21/h1-6,11H,7-10,13H2,(H,22,26). The minimum Gasteiger partial charge on any atom is -0.368 e. The van der Waals surface area contributed by atoms with Crippen LogP contribution in [0.1, 0.15) is 5.56 Å². The maximum Gasteiger partial charge on any atom is 0.270 e. The van der Waals surface area contributed by atoms with Crippen molar-refractivity contribution in [3.63, 3.8) is 0 Å². The summed E-state index contributed by atoms with van der Waals surface area (Å²) in [7, 11) is 0. The largest absolute Gasteiger partial charge is 0.368 e. The molecule has 1 aliphatic rings. The van der Waals surface area contributed by atoms with Crippen LogP contribution in [0.25, 0.3) is 0 Å². The first-order valence-corrected chi connectivity index (χ1v) is 8.68. The maximum atomic E-state index is 13.6. The number of non-ortho nitro benzene ring substituents is 1. The summed E-state index contributed by atoms with van der Waals surface area (Å²) >= 11 is 0. The molecule has 1 N–H and O–H groups in total. The first-order chi connectivity index (χ1) is 13.5. The number of benzene rings is 2. The first-order valence-electron chi connectivity index (χ1n) is 8.68. The lowest BCUT2D eigenvalue weighted by Gasteiger charge is -2.36. The Labute approximate surface area is 160 Å². The average Bonchev–Trinajstić information content (AvgIpc) is 2.70. The van der Waals surface area contributed by atoms with E-state index >= 15 is 0 Å². The van der Waals surface area contributed by atoms with Gasteiger partial charge in [0, 0.05) is 38.3 Å². The predicted molar refractivity (Wildman–Crippen MR) is 101 cm³/mol. The number of piperazine rings is 1. The summed E-state index contributed by atoms with van der Waals surface area (Å²) in [4.78, 5) is 26.4.